The van der Waals surface area contributed by atoms with Gasteiger partial charge in [-0.15, -0.1) is 0 Å². The highest BCUT2D eigenvalue weighted by atomic mass is 19.1. The highest BCUT2D eigenvalue weighted by molar-refractivity contribution is 5.84. The summed E-state index contributed by atoms with van der Waals surface area (Å²) >= 11 is 0. The normalized spacial score (nSPS) is 16.8. The molecule has 1 N–H and O–H groups in total. The fraction of sp³-hybridized carbons (Fsp3) is 0.467. The molecule has 3 heteroatoms. The van der Waals surface area contributed by atoms with Crippen molar-refractivity contribution in [1.82, 2.24) is 9.88 Å². The van der Waals surface area contributed by atoms with Crippen LogP contribution in [0.1, 0.15) is 31.2 Å². The molecule has 0 spiro atoms. The van der Waals surface area contributed by atoms with Crippen LogP contribution in [-0.4, -0.2) is 10.6 Å². The van der Waals surface area contributed by atoms with Gasteiger partial charge in [-0.3, -0.25) is 0 Å². The first-order valence-electron chi connectivity index (χ1n) is 6.71. The molecule has 18 heavy (non-hydrogen) atoms. The predicted octanol–water partition coefficient (Wildman–Crippen LogP) is 3.35. The lowest BCUT2D eigenvalue weighted by molar-refractivity contribution is 0.524. The largest absolute Gasteiger partial charge is 0.350 e. The molecular weight excluding hydrogens is 227 g/mol. The summed E-state index contributed by atoms with van der Waals surface area (Å²) in [5.74, 6) is -0.115. The van der Waals surface area contributed by atoms with E-state index in [0.29, 0.717) is 6.04 Å². The summed E-state index contributed by atoms with van der Waals surface area (Å²) in [4.78, 5) is 0. The average Bonchev–Trinajstić information content (AvgIpc) is 2.96. The van der Waals surface area contributed by atoms with E-state index < -0.39 is 0 Å². The van der Waals surface area contributed by atoms with E-state index in [9.17, 15) is 4.39 Å². The second kappa shape index (κ2) is 4.73. The minimum Gasteiger partial charge on any atom is -0.350 e. The van der Waals surface area contributed by atoms with Gasteiger partial charge in [-0.25, -0.2) is 4.39 Å². The number of benzene rings is 1. The van der Waals surface area contributed by atoms with Gasteiger partial charge >= 0.3 is 0 Å². The standard InChI is InChI=1S/C15H19FN2/c1-18-10-11(9-17-12-5-2-3-6-12)15-13(16)7-4-8-14(15)18/h4,7-8,10,12,17H,2-3,5-6,9H2,1H3. The van der Waals surface area contributed by atoms with Gasteiger partial charge in [0.15, 0.2) is 0 Å². The van der Waals surface area contributed by atoms with Gasteiger partial charge in [0.05, 0.1) is 5.52 Å². The third-order valence-electron chi connectivity index (χ3n) is 3.98. The quantitative estimate of drug-likeness (QED) is 0.878. The second-order valence-electron chi connectivity index (χ2n) is 5.26. The van der Waals surface area contributed by atoms with Crippen LogP contribution in [0, 0.1) is 5.82 Å². The minimum atomic E-state index is -0.115. The number of hydrogen-bond donors (Lipinski definition) is 1. The lowest BCUT2D eigenvalue weighted by atomic mass is 10.1. The zero-order valence-electron chi connectivity index (χ0n) is 10.7. The van der Waals surface area contributed by atoms with Gasteiger partial charge in [0.2, 0.25) is 0 Å². The Morgan fingerprint density at radius 3 is 2.89 bits per heavy atom. The molecule has 2 aromatic rings. The number of aryl methyl sites for hydroxylation is 1. The Kier molecular flexibility index (Phi) is 3.08. The Labute approximate surface area is 107 Å². The molecule has 96 valence electrons. The van der Waals surface area contributed by atoms with E-state index in [1.807, 2.05) is 23.9 Å². The lowest BCUT2D eigenvalue weighted by Gasteiger charge is -2.10. The van der Waals surface area contributed by atoms with Crippen molar-refractivity contribution in [3.05, 3.63) is 35.8 Å². The van der Waals surface area contributed by atoms with E-state index >= 15 is 0 Å². The molecule has 1 aliphatic carbocycles. The second-order valence-corrected chi connectivity index (χ2v) is 5.26. The topological polar surface area (TPSA) is 17.0 Å². The molecule has 1 aromatic carbocycles. The van der Waals surface area contributed by atoms with Crippen LogP contribution in [0.5, 0.6) is 0 Å². The number of hydrogen-bond acceptors (Lipinski definition) is 1. The van der Waals surface area contributed by atoms with Crippen molar-refractivity contribution < 1.29 is 4.39 Å². The van der Waals surface area contributed by atoms with Crippen molar-refractivity contribution in [3.63, 3.8) is 0 Å². The summed E-state index contributed by atoms with van der Waals surface area (Å²) in [6, 6.07) is 5.90. The van der Waals surface area contributed by atoms with Crippen LogP contribution in [0.15, 0.2) is 24.4 Å². The van der Waals surface area contributed by atoms with E-state index in [4.69, 9.17) is 0 Å². The molecule has 0 atom stereocenters. The van der Waals surface area contributed by atoms with E-state index in [1.165, 1.54) is 25.7 Å². The Morgan fingerprint density at radius 1 is 1.33 bits per heavy atom. The minimum absolute atomic E-state index is 0.115. The summed E-state index contributed by atoms with van der Waals surface area (Å²) in [5.41, 5.74) is 2.04. The van der Waals surface area contributed by atoms with Crippen LogP contribution in [-0.2, 0) is 13.6 Å². The van der Waals surface area contributed by atoms with Crippen LogP contribution in [0.4, 0.5) is 4.39 Å². The van der Waals surface area contributed by atoms with Crippen LogP contribution in [0.2, 0.25) is 0 Å². The van der Waals surface area contributed by atoms with Crippen molar-refractivity contribution >= 4 is 10.9 Å². The fourth-order valence-corrected chi connectivity index (χ4v) is 3.01. The van der Waals surface area contributed by atoms with Crippen molar-refractivity contribution in [2.24, 2.45) is 7.05 Å². The maximum Gasteiger partial charge on any atom is 0.132 e. The van der Waals surface area contributed by atoms with Crippen molar-refractivity contribution in [2.45, 2.75) is 38.3 Å². The van der Waals surface area contributed by atoms with Crippen LogP contribution in [0.3, 0.4) is 0 Å². The van der Waals surface area contributed by atoms with Gasteiger partial charge in [0, 0.05) is 31.2 Å². The molecule has 3 rings (SSSR count). The third-order valence-corrected chi connectivity index (χ3v) is 3.98. The van der Waals surface area contributed by atoms with Gasteiger partial charge in [0.1, 0.15) is 5.82 Å². The molecule has 0 amide bonds. The molecule has 1 saturated carbocycles. The van der Waals surface area contributed by atoms with E-state index in [0.717, 1.165) is 23.0 Å². The number of fused-ring (bicyclic) bond motifs is 1. The Morgan fingerprint density at radius 2 is 2.11 bits per heavy atom. The third kappa shape index (κ3) is 2.03. The molecule has 1 heterocycles. The monoisotopic (exact) mass is 246 g/mol. The average molecular weight is 246 g/mol. The van der Waals surface area contributed by atoms with Gasteiger partial charge in [-0.1, -0.05) is 18.9 Å². The molecule has 1 aromatic heterocycles. The highest BCUT2D eigenvalue weighted by Crippen LogP contribution is 2.24. The molecule has 0 unspecified atom stereocenters. The first-order chi connectivity index (χ1) is 8.75. The van der Waals surface area contributed by atoms with Crippen molar-refractivity contribution in [3.8, 4) is 0 Å². The first kappa shape index (κ1) is 11.7. The zero-order chi connectivity index (χ0) is 12.5. The maximum absolute atomic E-state index is 13.9. The molecular formula is C15H19FN2. The summed E-state index contributed by atoms with van der Waals surface area (Å²) in [6.45, 7) is 0.767. The summed E-state index contributed by atoms with van der Waals surface area (Å²) < 4.78 is 15.9. The lowest BCUT2D eigenvalue weighted by Crippen LogP contribution is -2.25. The zero-order valence-corrected chi connectivity index (χ0v) is 10.7. The van der Waals surface area contributed by atoms with Crippen LogP contribution in [0.25, 0.3) is 10.9 Å². The summed E-state index contributed by atoms with van der Waals surface area (Å²) in [6.07, 6.45) is 7.19. The van der Waals surface area contributed by atoms with Gasteiger partial charge < -0.3 is 9.88 Å². The molecule has 0 aliphatic heterocycles. The Balaban J connectivity index is 1.87. The van der Waals surface area contributed by atoms with Crippen LogP contribution >= 0.6 is 0 Å². The molecule has 2 nitrogen and oxygen atoms in total. The summed E-state index contributed by atoms with van der Waals surface area (Å²) in [5, 5.41) is 4.32. The Hall–Kier alpha value is -1.35. The number of halogens is 1. The van der Waals surface area contributed by atoms with Gasteiger partial charge in [-0.2, -0.15) is 0 Å². The smallest absolute Gasteiger partial charge is 0.132 e. The maximum atomic E-state index is 13.9. The van der Waals surface area contributed by atoms with E-state index in [-0.39, 0.29) is 5.82 Å². The van der Waals surface area contributed by atoms with E-state index in [2.05, 4.69) is 5.32 Å². The highest BCUT2D eigenvalue weighted by Gasteiger charge is 2.16. The molecule has 0 bridgehead atoms. The van der Waals surface area contributed by atoms with Gasteiger partial charge in [-0.05, 0) is 30.5 Å². The summed E-state index contributed by atoms with van der Waals surface area (Å²) in [7, 11) is 1.97. The van der Waals surface area contributed by atoms with Crippen molar-refractivity contribution in [1.29, 1.82) is 0 Å². The molecule has 0 saturated heterocycles. The predicted molar refractivity (Wildman–Crippen MR) is 72.0 cm³/mol. The Bertz CT molecular complexity index is 553. The fourth-order valence-electron chi connectivity index (χ4n) is 3.01. The number of aromatic nitrogens is 1. The number of rotatable bonds is 3. The SMILES string of the molecule is Cn1cc(CNC2CCCC2)c2c(F)cccc21. The number of nitrogens with zero attached hydrogens (tertiary/aromatic N) is 1. The molecule has 1 fully saturated rings. The van der Waals surface area contributed by atoms with E-state index in [1.54, 1.807) is 12.1 Å². The molecule has 1 aliphatic rings. The van der Waals surface area contributed by atoms with Crippen LogP contribution < -0.4 is 5.32 Å². The molecule has 0 radical (unpaired) electrons. The number of nitrogens with one attached hydrogen (secondary N) is 1. The van der Waals surface area contributed by atoms with Gasteiger partial charge in [0.25, 0.3) is 0 Å². The van der Waals surface area contributed by atoms with Crippen molar-refractivity contribution in [2.75, 3.05) is 0 Å². The first-order valence-corrected chi connectivity index (χ1v) is 6.71.